The van der Waals surface area contributed by atoms with Crippen molar-refractivity contribution in [2.24, 2.45) is 0 Å². The predicted octanol–water partition coefficient (Wildman–Crippen LogP) is 5.27. The number of anilines is 1. The van der Waals surface area contributed by atoms with Crippen LogP contribution >= 0.6 is 11.8 Å². The van der Waals surface area contributed by atoms with Gasteiger partial charge in [-0.15, -0.1) is 10.2 Å². The SMILES string of the molecule is CCCCSc1nnc2c(n1)O[C@H](c1ccccc1OC)N(C(=O)CC)c1ccccc1-2. The second kappa shape index (κ2) is 9.99. The number of benzene rings is 2. The molecular formula is C24H26N4O3S. The summed E-state index contributed by atoms with van der Waals surface area (Å²) >= 11 is 1.55. The molecule has 1 atom stereocenters. The highest BCUT2D eigenvalue weighted by Gasteiger charge is 2.36. The molecule has 2 aromatic carbocycles. The third-order valence-electron chi connectivity index (χ3n) is 5.22. The first-order valence-electron chi connectivity index (χ1n) is 10.8. The van der Waals surface area contributed by atoms with Crippen molar-refractivity contribution >= 4 is 23.4 Å². The third kappa shape index (κ3) is 4.27. The van der Waals surface area contributed by atoms with Crippen LogP contribution in [0.25, 0.3) is 11.3 Å². The molecule has 7 nitrogen and oxygen atoms in total. The van der Waals surface area contributed by atoms with Crippen molar-refractivity contribution in [1.82, 2.24) is 15.2 Å². The van der Waals surface area contributed by atoms with Crippen molar-refractivity contribution in [3.05, 3.63) is 54.1 Å². The van der Waals surface area contributed by atoms with Gasteiger partial charge in [0.2, 0.25) is 23.2 Å². The van der Waals surface area contributed by atoms with Gasteiger partial charge in [-0.25, -0.2) is 0 Å². The molecule has 1 amide bonds. The average molecular weight is 451 g/mol. The van der Waals surface area contributed by atoms with E-state index in [9.17, 15) is 4.79 Å². The van der Waals surface area contributed by atoms with Gasteiger partial charge in [-0.2, -0.15) is 4.98 Å². The van der Waals surface area contributed by atoms with Gasteiger partial charge in [-0.05, 0) is 24.6 Å². The quantitative estimate of drug-likeness (QED) is 0.358. The molecule has 0 bridgehead atoms. The summed E-state index contributed by atoms with van der Waals surface area (Å²) in [5, 5.41) is 9.34. The number of ether oxygens (including phenoxy) is 2. The zero-order valence-electron chi connectivity index (χ0n) is 18.4. The van der Waals surface area contributed by atoms with E-state index in [4.69, 9.17) is 9.47 Å². The number of rotatable bonds is 7. The summed E-state index contributed by atoms with van der Waals surface area (Å²) < 4.78 is 12.0. The summed E-state index contributed by atoms with van der Waals surface area (Å²) in [6.45, 7) is 3.98. The van der Waals surface area contributed by atoms with Gasteiger partial charge < -0.3 is 9.47 Å². The molecule has 2 heterocycles. The lowest BCUT2D eigenvalue weighted by Crippen LogP contribution is -2.37. The molecule has 1 aliphatic rings. The molecule has 0 N–H and O–H groups in total. The number of thioether (sulfide) groups is 1. The van der Waals surface area contributed by atoms with E-state index in [0.717, 1.165) is 29.7 Å². The lowest BCUT2D eigenvalue weighted by molar-refractivity contribution is -0.120. The first-order valence-corrected chi connectivity index (χ1v) is 11.7. The fourth-order valence-electron chi connectivity index (χ4n) is 3.60. The van der Waals surface area contributed by atoms with Gasteiger partial charge in [0.25, 0.3) is 0 Å². The largest absolute Gasteiger partial charge is 0.496 e. The van der Waals surface area contributed by atoms with Crippen LogP contribution in [0.2, 0.25) is 0 Å². The van der Waals surface area contributed by atoms with Crippen LogP contribution in [0.3, 0.4) is 0 Å². The van der Waals surface area contributed by atoms with Crippen molar-refractivity contribution in [2.75, 3.05) is 17.8 Å². The Kier molecular flexibility index (Phi) is 6.90. The smallest absolute Gasteiger partial charge is 0.247 e. The van der Waals surface area contributed by atoms with Crippen LogP contribution in [0, 0.1) is 0 Å². The molecular weight excluding hydrogens is 424 g/mol. The second-order valence-corrected chi connectivity index (χ2v) is 8.36. The van der Waals surface area contributed by atoms with Crippen LogP contribution in [0.1, 0.15) is 44.9 Å². The Hall–Kier alpha value is -3.13. The number of fused-ring (bicyclic) bond motifs is 3. The molecule has 0 saturated heterocycles. The van der Waals surface area contributed by atoms with Gasteiger partial charge in [0.05, 0.1) is 18.4 Å². The molecule has 3 aromatic rings. The fourth-order valence-corrected chi connectivity index (χ4v) is 4.46. The van der Waals surface area contributed by atoms with Gasteiger partial charge in [0, 0.05) is 17.7 Å². The van der Waals surface area contributed by atoms with Crippen molar-refractivity contribution in [2.45, 2.75) is 44.5 Å². The number of para-hydroxylation sites is 2. The highest BCUT2D eigenvalue weighted by Crippen LogP contribution is 2.45. The molecule has 8 heteroatoms. The molecule has 0 spiro atoms. The predicted molar refractivity (Wildman–Crippen MR) is 125 cm³/mol. The number of methoxy groups -OCH3 is 1. The Balaban J connectivity index is 1.89. The van der Waals surface area contributed by atoms with E-state index in [0.29, 0.717) is 34.6 Å². The van der Waals surface area contributed by atoms with Crippen LogP contribution in [0.5, 0.6) is 11.6 Å². The first kappa shape index (κ1) is 22.1. The molecule has 0 fully saturated rings. The van der Waals surface area contributed by atoms with E-state index in [2.05, 4.69) is 22.1 Å². The van der Waals surface area contributed by atoms with E-state index in [1.165, 1.54) is 0 Å². The molecule has 0 aliphatic carbocycles. The average Bonchev–Trinajstić information content (AvgIpc) is 2.98. The minimum atomic E-state index is -0.758. The van der Waals surface area contributed by atoms with Crippen molar-refractivity contribution in [1.29, 1.82) is 0 Å². The Morgan fingerprint density at radius 3 is 2.69 bits per heavy atom. The Labute approximate surface area is 192 Å². The summed E-state index contributed by atoms with van der Waals surface area (Å²) in [4.78, 5) is 19.6. The Morgan fingerprint density at radius 1 is 1.12 bits per heavy atom. The van der Waals surface area contributed by atoms with Gasteiger partial charge in [-0.1, -0.05) is 62.4 Å². The van der Waals surface area contributed by atoms with E-state index >= 15 is 0 Å². The van der Waals surface area contributed by atoms with Crippen LogP contribution in [0.15, 0.2) is 53.7 Å². The summed E-state index contributed by atoms with van der Waals surface area (Å²) in [7, 11) is 1.61. The molecule has 166 valence electrons. The van der Waals surface area contributed by atoms with Gasteiger partial charge in [0.15, 0.2) is 5.69 Å². The zero-order chi connectivity index (χ0) is 22.5. The van der Waals surface area contributed by atoms with E-state index in [1.54, 1.807) is 23.8 Å². The van der Waals surface area contributed by atoms with Crippen LogP contribution in [0.4, 0.5) is 5.69 Å². The summed E-state index contributed by atoms with van der Waals surface area (Å²) in [5.74, 6) is 1.82. The topological polar surface area (TPSA) is 77.4 Å². The van der Waals surface area contributed by atoms with Crippen LogP contribution < -0.4 is 14.4 Å². The van der Waals surface area contributed by atoms with Crippen molar-refractivity contribution in [3.8, 4) is 22.9 Å². The standard InChI is InChI=1S/C24H26N4O3S/c1-4-6-15-32-24-25-22-21(26-27-24)16-11-7-9-13-18(16)28(20(29)5-2)23(31-22)17-12-8-10-14-19(17)30-3/h7-14,23H,4-6,15H2,1-3H3/t23-/m1/s1. The molecule has 0 unspecified atom stereocenters. The minimum absolute atomic E-state index is 0.0772. The van der Waals surface area contributed by atoms with Gasteiger partial charge in [-0.3, -0.25) is 9.69 Å². The molecule has 0 radical (unpaired) electrons. The second-order valence-electron chi connectivity index (χ2n) is 7.30. The highest BCUT2D eigenvalue weighted by atomic mass is 32.2. The number of hydrogen-bond donors (Lipinski definition) is 0. The number of carbonyl (C=O) groups excluding carboxylic acids is 1. The third-order valence-corrected chi connectivity index (χ3v) is 6.14. The summed E-state index contributed by atoms with van der Waals surface area (Å²) in [6.07, 6.45) is 1.72. The summed E-state index contributed by atoms with van der Waals surface area (Å²) in [6, 6.07) is 15.2. The number of carbonyl (C=O) groups is 1. The van der Waals surface area contributed by atoms with Gasteiger partial charge in [0.1, 0.15) is 5.75 Å². The lowest BCUT2D eigenvalue weighted by atomic mass is 10.1. The molecule has 1 aliphatic heterocycles. The number of hydrogen-bond acceptors (Lipinski definition) is 7. The molecule has 32 heavy (non-hydrogen) atoms. The van der Waals surface area contributed by atoms with E-state index < -0.39 is 6.23 Å². The number of aromatic nitrogens is 3. The van der Waals surface area contributed by atoms with E-state index in [-0.39, 0.29) is 5.91 Å². The Bertz CT molecular complexity index is 1110. The zero-order valence-corrected chi connectivity index (χ0v) is 19.3. The van der Waals surface area contributed by atoms with Crippen molar-refractivity contribution in [3.63, 3.8) is 0 Å². The minimum Gasteiger partial charge on any atom is -0.496 e. The maximum Gasteiger partial charge on any atom is 0.247 e. The lowest BCUT2D eigenvalue weighted by Gasteiger charge is -2.31. The molecule has 1 aromatic heterocycles. The monoisotopic (exact) mass is 450 g/mol. The molecule has 4 rings (SSSR count). The van der Waals surface area contributed by atoms with Crippen LogP contribution in [-0.2, 0) is 4.79 Å². The first-order chi connectivity index (χ1) is 15.7. The maximum absolute atomic E-state index is 13.2. The number of amides is 1. The number of nitrogens with zero attached hydrogens (tertiary/aromatic N) is 4. The highest BCUT2D eigenvalue weighted by molar-refractivity contribution is 7.99. The van der Waals surface area contributed by atoms with Crippen molar-refractivity contribution < 1.29 is 14.3 Å². The van der Waals surface area contributed by atoms with Gasteiger partial charge >= 0.3 is 0 Å². The number of unbranched alkanes of at least 4 members (excludes halogenated alkanes) is 1. The Morgan fingerprint density at radius 2 is 1.91 bits per heavy atom. The maximum atomic E-state index is 13.2. The van der Waals surface area contributed by atoms with Crippen LogP contribution in [-0.4, -0.2) is 34.0 Å². The normalized spacial score (nSPS) is 14.7. The molecule has 0 saturated carbocycles. The van der Waals surface area contributed by atoms with E-state index in [1.807, 2.05) is 55.5 Å². The fraction of sp³-hybridized carbons (Fsp3) is 0.333. The summed E-state index contributed by atoms with van der Waals surface area (Å²) in [5.41, 5.74) is 2.72.